The van der Waals surface area contributed by atoms with Crippen LogP contribution in [0.1, 0.15) is 28.3 Å². The van der Waals surface area contributed by atoms with Crippen LogP contribution in [0, 0.1) is 13.8 Å². The molecule has 3 heteroatoms. The van der Waals surface area contributed by atoms with Gasteiger partial charge in [-0.15, -0.1) is 0 Å². The minimum absolute atomic E-state index is 0.343. The minimum Gasteiger partial charge on any atom is -0.314 e. The quantitative estimate of drug-likeness (QED) is 0.889. The molecule has 116 valence electrons. The number of piperazine rings is 1. The average Bonchev–Trinajstić information content (AvgIpc) is 2.52. The van der Waals surface area contributed by atoms with Gasteiger partial charge in [-0.25, -0.2) is 0 Å². The van der Waals surface area contributed by atoms with Crippen LogP contribution in [0.2, 0.25) is 0 Å². The smallest absolute Gasteiger partial charge is 0.0605 e. The molecule has 1 heterocycles. The van der Waals surface area contributed by atoms with Crippen molar-refractivity contribution >= 4 is 15.9 Å². The average molecular weight is 359 g/mol. The summed E-state index contributed by atoms with van der Waals surface area (Å²) in [5.41, 5.74) is 5.51. The van der Waals surface area contributed by atoms with Crippen LogP contribution in [0.25, 0.3) is 0 Å². The molecule has 22 heavy (non-hydrogen) atoms. The van der Waals surface area contributed by atoms with Gasteiger partial charge in [-0.1, -0.05) is 51.8 Å². The third-order valence-electron chi connectivity index (χ3n) is 4.42. The van der Waals surface area contributed by atoms with Crippen molar-refractivity contribution in [2.75, 3.05) is 26.2 Å². The first-order valence-electron chi connectivity index (χ1n) is 7.92. The van der Waals surface area contributed by atoms with Gasteiger partial charge in [0.15, 0.2) is 0 Å². The number of hydrogen-bond donors (Lipinski definition) is 1. The van der Waals surface area contributed by atoms with Crippen LogP contribution in [0.15, 0.2) is 46.9 Å². The number of halogens is 1. The van der Waals surface area contributed by atoms with Gasteiger partial charge in [0, 0.05) is 30.7 Å². The molecule has 2 nitrogen and oxygen atoms in total. The maximum absolute atomic E-state index is 3.55. The Bertz CT molecular complexity index is 630. The van der Waals surface area contributed by atoms with Crippen LogP contribution in [0.3, 0.4) is 0 Å². The predicted octanol–water partition coefficient (Wildman–Crippen LogP) is 4.06. The molecule has 0 bridgehead atoms. The Balaban J connectivity index is 2.03. The second-order valence-electron chi connectivity index (χ2n) is 6.10. The maximum Gasteiger partial charge on any atom is 0.0605 e. The van der Waals surface area contributed by atoms with Crippen LogP contribution in [0.5, 0.6) is 0 Å². The Morgan fingerprint density at radius 2 is 1.68 bits per heavy atom. The molecule has 0 radical (unpaired) electrons. The first-order chi connectivity index (χ1) is 10.6. The van der Waals surface area contributed by atoms with E-state index < -0.39 is 0 Å². The lowest BCUT2D eigenvalue weighted by Gasteiger charge is -2.36. The lowest BCUT2D eigenvalue weighted by Crippen LogP contribution is -2.45. The molecular weight excluding hydrogens is 336 g/mol. The van der Waals surface area contributed by atoms with Crippen LogP contribution < -0.4 is 5.32 Å². The number of rotatable bonds is 3. The second kappa shape index (κ2) is 6.95. The van der Waals surface area contributed by atoms with E-state index >= 15 is 0 Å². The Hall–Kier alpha value is -1.16. The fourth-order valence-electron chi connectivity index (χ4n) is 3.30. The van der Waals surface area contributed by atoms with E-state index in [1.54, 1.807) is 0 Å². The highest BCUT2D eigenvalue weighted by molar-refractivity contribution is 9.10. The lowest BCUT2D eigenvalue weighted by atomic mass is 9.92. The molecule has 0 aliphatic carbocycles. The molecule has 3 rings (SSSR count). The van der Waals surface area contributed by atoms with Gasteiger partial charge in [0.05, 0.1) is 6.04 Å². The van der Waals surface area contributed by atoms with Crippen molar-refractivity contribution < 1.29 is 0 Å². The predicted molar refractivity (Wildman–Crippen MR) is 96.3 cm³/mol. The maximum atomic E-state index is 3.55. The molecule has 0 saturated carbocycles. The first-order valence-corrected chi connectivity index (χ1v) is 8.72. The van der Waals surface area contributed by atoms with E-state index in [9.17, 15) is 0 Å². The van der Waals surface area contributed by atoms with Gasteiger partial charge in [0.1, 0.15) is 0 Å². The third kappa shape index (κ3) is 3.43. The molecule has 2 aromatic carbocycles. The molecule has 1 atom stereocenters. The zero-order chi connectivity index (χ0) is 15.5. The van der Waals surface area contributed by atoms with Gasteiger partial charge >= 0.3 is 0 Å². The summed E-state index contributed by atoms with van der Waals surface area (Å²) in [4.78, 5) is 2.59. The fraction of sp³-hybridized carbons (Fsp3) is 0.368. The molecular formula is C19H23BrN2. The van der Waals surface area contributed by atoms with Crippen molar-refractivity contribution in [2.24, 2.45) is 0 Å². The third-order valence-corrected chi connectivity index (χ3v) is 4.95. The Morgan fingerprint density at radius 3 is 2.32 bits per heavy atom. The fourth-order valence-corrected chi connectivity index (χ4v) is 3.57. The summed E-state index contributed by atoms with van der Waals surface area (Å²) in [5.74, 6) is 0. The summed E-state index contributed by atoms with van der Waals surface area (Å²) >= 11 is 3.55. The highest BCUT2D eigenvalue weighted by Gasteiger charge is 2.24. The van der Waals surface area contributed by atoms with Crippen molar-refractivity contribution in [1.82, 2.24) is 10.2 Å². The van der Waals surface area contributed by atoms with Gasteiger partial charge in [-0.3, -0.25) is 4.90 Å². The van der Waals surface area contributed by atoms with Gasteiger partial charge in [0.2, 0.25) is 0 Å². The Labute approximate surface area is 141 Å². The van der Waals surface area contributed by atoms with E-state index in [1.807, 2.05) is 0 Å². The molecule has 1 aliphatic heterocycles. The van der Waals surface area contributed by atoms with E-state index in [1.165, 1.54) is 22.3 Å². The molecule has 0 spiro atoms. The van der Waals surface area contributed by atoms with Crippen molar-refractivity contribution in [3.63, 3.8) is 0 Å². The molecule has 1 unspecified atom stereocenters. The summed E-state index contributed by atoms with van der Waals surface area (Å²) in [6.45, 7) is 8.71. The van der Waals surface area contributed by atoms with Gasteiger partial charge in [-0.05, 0) is 42.7 Å². The summed E-state index contributed by atoms with van der Waals surface area (Å²) in [5, 5.41) is 3.46. The summed E-state index contributed by atoms with van der Waals surface area (Å²) in [6, 6.07) is 16.0. The van der Waals surface area contributed by atoms with Crippen molar-refractivity contribution in [1.29, 1.82) is 0 Å². The summed E-state index contributed by atoms with van der Waals surface area (Å²) < 4.78 is 1.14. The zero-order valence-electron chi connectivity index (χ0n) is 13.3. The molecule has 0 aromatic heterocycles. The normalized spacial score (nSPS) is 17.4. The van der Waals surface area contributed by atoms with Crippen LogP contribution in [-0.4, -0.2) is 31.1 Å². The van der Waals surface area contributed by atoms with Gasteiger partial charge in [-0.2, -0.15) is 0 Å². The molecule has 1 fully saturated rings. The number of aryl methyl sites for hydroxylation is 2. The second-order valence-corrected chi connectivity index (χ2v) is 7.02. The first kappa shape index (κ1) is 15.7. The van der Waals surface area contributed by atoms with Crippen molar-refractivity contribution in [3.05, 3.63) is 69.2 Å². The van der Waals surface area contributed by atoms with Crippen molar-refractivity contribution in [3.8, 4) is 0 Å². The van der Waals surface area contributed by atoms with E-state index in [2.05, 4.69) is 82.5 Å². The van der Waals surface area contributed by atoms with E-state index in [0.717, 1.165) is 30.7 Å². The minimum atomic E-state index is 0.343. The molecule has 0 amide bonds. The monoisotopic (exact) mass is 358 g/mol. The number of nitrogens with one attached hydrogen (secondary N) is 1. The van der Waals surface area contributed by atoms with E-state index in [4.69, 9.17) is 0 Å². The van der Waals surface area contributed by atoms with E-state index in [0.29, 0.717) is 6.04 Å². The van der Waals surface area contributed by atoms with Crippen LogP contribution in [-0.2, 0) is 0 Å². The zero-order valence-corrected chi connectivity index (χ0v) is 14.9. The highest BCUT2D eigenvalue weighted by Crippen LogP contribution is 2.32. The lowest BCUT2D eigenvalue weighted by molar-refractivity contribution is 0.198. The van der Waals surface area contributed by atoms with E-state index in [-0.39, 0.29) is 0 Å². The molecule has 1 saturated heterocycles. The Morgan fingerprint density at radius 1 is 1.00 bits per heavy atom. The van der Waals surface area contributed by atoms with Crippen LogP contribution in [0.4, 0.5) is 0 Å². The standard InChI is InChI=1S/C19H23BrN2/c1-14-3-8-18(15(2)13-14)19(22-11-9-21-10-12-22)16-4-6-17(20)7-5-16/h3-8,13,19,21H,9-12H2,1-2H3. The van der Waals surface area contributed by atoms with Crippen molar-refractivity contribution in [2.45, 2.75) is 19.9 Å². The summed E-state index contributed by atoms with van der Waals surface area (Å²) in [7, 11) is 0. The van der Waals surface area contributed by atoms with Crippen LogP contribution >= 0.6 is 15.9 Å². The summed E-state index contributed by atoms with van der Waals surface area (Å²) in [6.07, 6.45) is 0. The topological polar surface area (TPSA) is 15.3 Å². The molecule has 2 aromatic rings. The number of nitrogens with zero attached hydrogens (tertiary/aromatic N) is 1. The van der Waals surface area contributed by atoms with Gasteiger partial charge in [0.25, 0.3) is 0 Å². The molecule has 1 N–H and O–H groups in total. The van der Waals surface area contributed by atoms with Gasteiger partial charge < -0.3 is 5.32 Å². The SMILES string of the molecule is Cc1ccc(C(c2ccc(Br)cc2)N2CCNCC2)c(C)c1. The highest BCUT2D eigenvalue weighted by atomic mass is 79.9. The largest absolute Gasteiger partial charge is 0.314 e. The number of hydrogen-bond acceptors (Lipinski definition) is 2. The molecule has 1 aliphatic rings. The number of benzene rings is 2. The Kier molecular flexibility index (Phi) is 4.97.